The normalized spacial score (nSPS) is 13.4. The average molecular weight is 419 g/mol. The van der Waals surface area contributed by atoms with Crippen LogP contribution in [-0.2, 0) is 18.4 Å². The third-order valence-electron chi connectivity index (χ3n) is 5.29. The molecule has 4 rings (SSSR count). The summed E-state index contributed by atoms with van der Waals surface area (Å²) in [5, 5.41) is 5.18. The first-order valence-corrected chi connectivity index (χ1v) is 9.69. The van der Waals surface area contributed by atoms with Crippen LogP contribution in [0.4, 0.5) is 10.5 Å². The van der Waals surface area contributed by atoms with E-state index in [1.165, 1.54) is 4.68 Å². The van der Waals surface area contributed by atoms with Crippen LogP contribution in [0.25, 0.3) is 5.69 Å². The van der Waals surface area contributed by atoms with Gasteiger partial charge >= 0.3 is 6.03 Å². The zero-order chi connectivity index (χ0) is 22.1. The number of amides is 4. The van der Waals surface area contributed by atoms with Crippen LogP contribution in [-0.4, -0.2) is 38.7 Å². The van der Waals surface area contributed by atoms with E-state index in [0.717, 1.165) is 4.90 Å². The Hall–Kier alpha value is -4.14. The molecule has 2 N–H and O–H groups in total. The lowest BCUT2D eigenvalue weighted by atomic mass is 10.1. The molecule has 158 valence electrons. The summed E-state index contributed by atoms with van der Waals surface area (Å²) >= 11 is 0. The fraction of sp³-hybridized carbons (Fsp3) is 0.182. The van der Waals surface area contributed by atoms with Gasteiger partial charge in [-0.25, -0.2) is 9.48 Å². The van der Waals surface area contributed by atoms with Crippen molar-refractivity contribution in [3.05, 3.63) is 81.8 Å². The molecule has 1 fully saturated rings. The van der Waals surface area contributed by atoms with Crippen molar-refractivity contribution in [2.45, 2.75) is 13.5 Å². The maximum Gasteiger partial charge on any atom is 0.324 e. The van der Waals surface area contributed by atoms with Gasteiger partial charge in [-0.1, -0.05) is 30.3 Å². The maximum absolute atomic E-state index is 12.9. The van der Waals surface area contributed by atoms with Gasteiger partial charge in [-0.2, -0.15) is 0 Å². The maximum atomic E-state index is 12.9. The second kappa shape index (κ2) is 7.94. The van der Waals surface area contributed by atoms with E-state index < -0.39 is 11.9 Å². The number of benzene rings is 2. The van der Waals surface area contributed by atoms with Gasteiger partial charge in [0, 0.05) is 12.6 Å². The molecule has 1 aromatic heterocycles. The zero-order valence-electron chi connectivity index (χ0n) is 17.1. The number of imide groups is 1. The van der Waals surface area contributed by atoms with E-state index in [0.29, 0.717) is 22.5 Å². The minimum absolute atomic E-state index is 0.00371. The van der Waals surface area contributed by atoms with Crippen molar-refractivity contribution in [1.29, 1.82) is 0 Å². The standard InChI is InChI=1S/C22H21N5O4/c1-14-19(21(30)27(25(14)2)17-6-4-3-5-7-17)24-20(29)16-10-8-15(9-11-16)13-26-18(28)12-23-22(26)31/h3-11H,12-13H2,1-2H3,(H,23,31)(H,24,29). The van der Waals surface area contributed by atoms with Gasteiger partial charge in [-0.15, -0.1) is 0 Å². The van der Waals surface area contributed by atoms with Crippen molar-refractivity contribution >= 4 is 23.5 Å². The number of hydrogen-bond donors (Lipinski definition) is 2. The number of hydrogen-bond acceptors (Lipinski definition) is 4. The van der Waals surface area contributed by atoms with E-state index in [9.17, 15) is 19.2 Å². The van der Waals surface area contributed by atoms with E-state index in [2.05, 4.69) is 10.6 Å². The Morgan fingerprint density at radius 1 is 1.03 bits per heavy atom. The number of urea groups is 1. The fourth-order valence-corrected chi connectivity index (χ4v) is 3.46. The third-order valence-corrected chi connectivity index (χ3v) is 5.29. The van der Waals surface area contributed by atoms with Gasteiger partial charge in [0.1, 0.15) is 5.69 Å². The second-order valence-corrected chi connectivity index (χ2v) is 7.23. The highest BCUT2D eigenvalue weighted by Gasteiger charge is 2.28. The van der Waals surface area contributed by atoms with E-state index in [-0.39, 0.29) is 30.2 Å². The van der Waals surface area contributed by atoms with Gasteiger partial charge in [-0.3, -0.25) is 24.0 Å². The summed E-state index contributed by atoms with van der Waals surface area (Å²) in [4.78, 5) is 50.2. The predicted molar refractivity (Wildman–Crippen MR) is 114 cm³/mol. The van der Waals surface area contributed by atoms with Crippen molar-refractivity contribution < 1.29 is 14.4 Å². The highest BCUT2D eigenvalue weighted by Crippen LogP contribution is 2.16. The SMILES string of the molecule is Cc1c(NC(=O)c2ccc(CN3C(=O)CNC3=O)cc2)c(=O)n(-c2ccccc2)n1C. The molecule has 0 radical (unpaired) electrons. The van der Waals surface area contributed by atoms with Crippen LogP contribution in [0.3, 0.4) is 0 Å². The molecule has 0 bridgehead atoms. The van der Waals surface area contributed by atoms with E-state index in [4.69, 9.17) is 0 Å². The predicted octanol–water partition coefficient (Wildman–Crippen LogP) is 1.79. The Morgan fingerprint density at radius 3 is 2.32 bits per heavy atom. The molecular formula is C22H21N5O4. The topological polar surface area (TPSA) is 105 Å². The molecule has 0 spiro atoms. The van der Waals surface area contributed by atoms with Crippen molar-refractivity contribution in [1.82, 2.24) is 19.6 Å². The fourth-order valence-electron chi connectivity index (χ4n) is 3.46. The number of para-hydroxylation sites is 1. The molecule has 1 saturated heterocycles. The molecule has 0 unspecified atom stereocenters. The molecule has 9 nitrogen and oxygen atoms in total. The zero-order valence-corrected chi connectivity index (χ0v) is 17.1. The van der Waals surface area contributed by atoms with Crippen molar-refractivity contribution in [3.63, 3.8) is 0 Å². The summed E-state index contributed by atoms with van der Waals surface area (Å²) in [6, 6.07) is 15.3. The summed E-state index contributed by atoms with van der Waals surface area (Å²) in [6.07, 6.45) is 0. The Labute approximate surface area is 177 Å². The number of aromatic nitrogens is 2. The minimum atomic E-state index is -0.430. The van der Waals surface area contributed by atoms with Gasteiger partial charge in [-0.05, 0) is 36.8 Å². The van der Waals surface area contributed by atoms with Crippen molar-refractivity contribution in [3.8, 4) is 5.69 Å². The molecule has 31 heavy (non-hydrogen) atoms. The van der Waals surface area contributed by atoms with E-state index >= 15 is 0 Å². The third kappa shape index (κ3) is 3.73. The monoisotopic (exact) mass is 419 g/mol. The summed E-state index contributed by atoms with van der Waals surface area (Å²) in [5.41, 5.74) is 2.27. The molecule has 2 aromatic carbocycles. The second-order valence-electron chi connectivity index (χ2n) is 7.23. The van der Waals surface area contributed by atoms with Gasteiger partial charge in [0.15, 0.2) is 0 Å². The Morgan fingerprint density at radius 2 is 1.71 bits per heavy atom. The lowest BCUT2D eigenvalue weighted by molar-refractivity contribution is -0.125. The quantitative estimate of drug-likeness (QED) is 0.615. The number of anilines is 1. The number of carbonyl (C=O) groups excluding carboxylic acids is 3. The smallest absolute Gasteiger partial charge is 0.324 e. The summed E-state index contributed by atoms with van der Waals surface area (Å²) in [7, 11) is 1.75. The lowest BCUT2D eigenvalue weighted by Crippen LogP contribution is -2.30. The van der Waals surface area contributed by atoms with Crippen LogP contribution in [0.15, 0.2) is 59.4 Å². The number of nitrogens with zero attached hydrogens (tertiary/aromatic N) is 3. The van der Waals surface area contributed by atoms with Gasteiger partial charge in [0.05, 0.1) is 24.5 Å². The Kier molecular flexibility index (Phi) is 5.16. The highest BCUT2D eigenvalue weighted by molar-refractivity contribution is 6.04. The number of carbonyl (C=O) groups is 3. The lowest BCUT2D eigenvalue weighted by Gasteiger charge is -2.12. The van der Waals surface area contributed by atoms with Crippen LogP contribution < -0.4 is 16.2 Å². The summed E-state index contributed by atoms with van der Waals surface area (Å²) in [5.74, 6) is -0.714. The summed E-state index contributed by atoms with van der Waals surface area (Å²) in [6.45, 7) is 1.89. The van der Waals surface area contributed by atoms with Crippen LogP contribution in [0, 0.1) is 6.92 Å². The molecule has 0 aliphatic carbocycles. The highest BCUT2D eigenvalue weighted by atomic mass is 16.2. The van der Waals surface area contributed by atoms with Crippen LogP contribution in [0.2, 0.25) is 0 Å². The number of nitrogens with one attached hydrogen (secondary N) is 2. The molecule has 4 amide bonds. The largest absolute Gasteiger partial charge is 0.329 e. The Bertz CT molecular complexity index is 1210. The summed E-state index contributed by atoms with van der Waals surface area (Å²) < 4.78 is 3.18. The number of rotatable bonds is 5. The van der Waals surface area contributed by atoms with Crippen molar-refractivity contribution in [2.24, 2.45) is 7.05 Å². The van der Waals surface area contributed by atoms with Crippen LogP contribution in [0.5, 0.6) is 0 Å². The molecule has 1 aliphatic heterocycles. The first-order chi connectivity index (χ1) is 14.9. The minimum Gasteiger partial charge on any atom is -0.329 e. The first kappa shape index (κ1) is 20.1. The van der Waals surface area contributed by atoms with Gasteiger partial charge in [0.25, 0.3) is 11.5 Å². The molecular weight excluding hydrogens is 398 g/mol. The molecule has 2 heterocycles. The molecule has 9 heteroatoms. The van der Waals surface area contributed by atoms with Gasteiger partial charge in [0.2, 0.25) is 5.91 Å². The molecule has 3 aromatic rings. The Balaban J connectivity index is 1.53. The molecule has 1 aliphatic rings. The van der Waals surface area contributed by atoms with Crippen molar-refractivity contribution in [2.75, 3.05) is 11.9 Å². The molecule has 0 atom stereocenters. The average Bonchev–Trinajstić information content (AvgIpc) is 3.20. The van der Waals surface area contributed by atoms with E-state index in [1.807, 2.05) is 30.3 Å². The van der Waals surface area contributed by atoms with E-state index in [1.54, 1.807) is 42.9 Å². The molecule has 0 saturated carbocycles. The van der Waals surface area contributed by atoms with Crippen LogP contribution in [0.1, 0.15) is 21.6 Å². The van der Waals surface area contributed by atoms with Gasteiger partial charge < -0.3 is 10.6 Å². The van der Waals surface area contributed by atoms with Crippen LogP contribution >= 0.6 is 0 Å². The first-order valence-electron chi connectivity index (χ1n) is 9.69.